The average molecular weight is 567 g/mol. The van der Waals surface area contributed by atoms with Gasteiger partial charge in [0.05, 0.1) is 22.1 Å². The van der Waals surface area contributed by atoms with E-state index in [9.17, 15) is 0 Å². The maximum absolute atomic E-state index is 2.41. The summed E-state index contributed by atoms with van der Waals surface area (Å²) in [5.41, 5.74) is 10.5. The third-order valence-corrected chi connectivity index (χ3v) is 10.1. The van der Waals surface area contributed by atoms with Crippen molar-refractivity contribution in [3.05, 3.63) is 157 Å². The molecule has 0 saturated heterocycles. The van der Waals surface area contributed by atoms with Crippen molar-refractivity contribution in [2.24, 2.45) is 0 Å². The van der Waals surface area contributed by atoms with E-state index in [0.29, 0.717) is 11.8 Å². The van der Waals surface area contributed by atoms with Gasteiger partial charge in [-0.15, -0.1) is 0 Å². The van der Waals surface area contributed by atoms with Gasteiger partial charge in [-0.2, -0.15) is 0 Å². The van der Waals surface area contributed by atoms with Crippen LogP contribution >= 0.6 is 0 Å². The molecule has 2 unspecified atom stereocenters. The molecule has 0 bridgehead atoms. The number of aromatic nitrogens is 2. The number of para-hydroxylation sites is 4. The maximum atomic E-state index is 2.41. The monoisotopic (exact) mass is 566 g/mol. The van der Waals surface area contributed by atoms with E-state index in [4.69, 9.17) is 0 Å². The summed E-state index contributed by atoms with van der Waals surface area (Å²) in [4.78, 5) is 0. The molecule has 0 radical (unpaired) electrons. The summed E-state index contributed by atoms with van der Waals surface area (Å²) in [5.74, 6) is 1.19. The highest BCUT2D eigenvalue weighted by Crippen LogP contribution is 2.42. The molecule has 9 rings (SSSR count). The summed E-state index contributed by atoms with van der Waals surface area (Å²) in [6.07, 6.45) is 5.03. The van der Waals surface area contributed by atoms with Crippen molar-refractivity contribution in [3.63, 3.8) is 0 Å². The summed E-state index contributed by atoms with van der Waals surface area (Å²) in [7, 11) is 0. The SMILES string of the molecule is c1ccc2c(c1)c1ccccc1n2-c1ccc(C2CCCC(c3ccc(-n4c5ccccc5c5ccccc54)cc3)C2)cc1. The average Bonchev–Trinajstić information content (AvgIpc) is 3.62. The van der Waals surface area contributed by atoms with Gasteiger partial charge < -0.3 is 9.13 Å². The van der Waals surface area contributed by atoms with Gasteiger partial charge in [-0.25, -0.2) is 0 Å². The third kappa shape index (κ3) is 4.02. The largest absolute Gasteiger partial charge is 0.309 e. The van der Waals surface area contributed by atoms with E-state index in [0.717, 1.165) is 0 Å². The molecule has 1 saturated carbocycles. The lowest BCUT2D eigenvalue weighted by Gasteiger charge is -2.30. The highest BCUT2D eigenvalue weighted by molar-refractivity contribution is 6.10. The van der Waals surface area contributed by atoms with Crippen LogP contribution in [0.3, 0.4) is 0 Å². The van der Waals surface area contributed by atoms with E-state index < -0.39 is 0 Å². The molecule has 2 atom stereocenters. The van der Waals surface area contributed by atoms with Gasteiger partial charge in [-0.1, -0.05) is 103 Å². The quantitative estimate of drug-likeness (QED) is 0.200. The molecule has 0 spiro atoms. The Morgan fingerprint density at radius 3 is 1.02 bits per heavy atom. The Labute approximate surface area is 257 Å². The van der Waals surface area contributed by atoms with E-state index in [1.807, 2.05) is 0 Å². The first-order valence-electron chi connectivity index (χ1n) is 16.0. The maximum Gasteiger partial charge on any atom is 0.0541 e. The number of benzene rings is 6. The number of nitrogens with zero attached hydrogens (tertiary/aromatic N) is 2. The molecule has 2 aromatic heterocycles. The van der Waals surface area contributed by atoms with Crippen molar-refractivity contribution < 1.29 is 0 Å². The van der Waals surface area contributed by atoms with Crippen LogP contribution in [-0.4, -0.2) is 9.13 Å². The summed E-state index contributed by atoms with van der Waals surface area (Å²) in [5, 5.41) is 5.25. The van der Waals surface area contributed by atoms with Crippen molar-refractivity contribution in [2.75, 3.05) is 0 Å². The van der Waals surface area contributed by atoms with Crippen LogP contribution in [0.2, 0.25) is 0 Å². The van der Waals surface area contributed by atoms with E-state index in [1.54, 1.807) is 0 Å². The minimum atomic E-state index is 0.595. The molecule has 6 aromatic carbocycles. The summed E-state index contributed by atoms with van der Waals surface area (Å²) in [6.45, 7) is 0. The predicted molar refractivity (Wildman–Crippen MR) is 186 cm³/mol. The normalized spacial score (nSPS) is 17.2. The van der Waals surface area contributed by atoms with Crippen LogP contribution in [0.4, 0.5) is 0 Å². The van der Waals surface area contributed by atoms with Gasteiger partial charge in [-0.05, 0) is 90.8 Å². The van der Waals surface area contributed by atoms with Gasteiger partial charge in [0, 0.05) is 32.9 Å². The van der Waals surface area contributed by atoms with Crippen LogP contribution in [0.25, 0.3) is 55.0 Å². The van der Waals surface area contributed by atoms with Gasteiger partial charge in [0.1, 0.15) is 0 Å². The zero-order valence-corrected chi connectivity index (χ0v) is 24.7. The van der Waals surface area contributed by atoms with Crippen LogP contribution in [0.5, 0.6) is 0 Å². The predicted octanol–water partition coefficient (Wildman–Crippen LogP) is 11.3. The Balaban J connectivity index is 0.997. The minimum Gasteiger partial charge on any atom is -0.309 e. The lowest BCUT2D eigenvalue weighted by molar-refractivity contribution is 0.394. The summed E-state index contributed by atoms with van der Waals surface area (Å²) >= 11 is 0. The molecule has 1 aliphatic rings. The van der Waals surface area contributed by atoms with Crippen molar-refractivity contribution in [1.82, 2.24) is 9.13 Å². The first-order chi connectivity index (χ1) is 21.8. The van der Waals surface area contributed by atoms with Crippen LogP contribution in [0.15, 0.2) is 146 Å². The lowest BCUT2D eigenvalue weighted by atomic mass is 9.75. The van der Waals surface area contributed by atoms with Crippen molar-refractivity contribution in [3.8, 4) is 11.4 Å². The van der Waals surface area contributed by atoms with Crippen LogP contribution in [0.1, 0.15) is 48.6 Å². The topological polar surface area (TPSA) is 9.86 Å². The molecular formula is C42H34N2. The number of fused-ring (bicyclic) bond motifs is 6. The molecule has 212 valence electrons. The molecule has 44 heavy (non-hydrogen) atoms. The van der Waals surface area contributed by atoms with E-state index in [-0.39, 0.29) is 0 Å². The summed E-state index contributed by atoms with van der Waals surface area (Å²) < 4.78 is 4.83. The third-order valence-electron chi connectivity index (χ3n) is 10.1. The fourth-order valence-electron chi connectivity index (χ4n) is 7.99. The minimum absolute atomic E-state index is 0.595. The fraction of sp³-hybridized carbons (Fsp3) is 0.143. The molecule has 0 aliphatic heterocycles. The Morgan fingerprint density at radius 1 is 0.364 bits per heavy atom. The van der Waals surface area contributed by atoms with Gasteiger partial charge in [0.25, 0.3) is 0 Å². The van der Waals surface area contributed by atoms with E-state index in [1.165, 1.54) is 91.8 Å². The standard InChI is InChI=1S/C42H34N2/c1-5-16-39-35(12-1)36-13-2-6-17-40(36)43(39)33-24-20-29(21-25-33)31-10-9-11-32(28-31)30-22-26-34(27-23-30)44-41-18-7-3-14-37(41)38-15-4-8-19-42(38)44/h1-8,12-27,31-32H,9-11,28H2. The van der Waals surface area contributed by atoms with E-state index in [2.05, 4.69) is 155 Å². The van der Waals surface area contributed by atoms with Gasteiger partial charge in [-0.3, -0.25) is 0 Å². The Hall–Kier alpha value is -5.08. The highest BCUT2D eigenvalue weighted by Gasteiger charge is 2.25. The molecule has 0 amide bonds. The summed E-state index contributed by atoms with van der Waals surface area (Å²) in [6, 6.07) is 53.9. The molecule has 2 heterocycles. The van der Waals surface area contributed by atoms with Crippen LogP contribution in [-0.2, 0) is 0 Å². The van der Waals surface area contributed by atoms with Crippen molar-refractivity contribution in [2.45, 2.75) is 37.5 Å². The Morgan fingerprint density at radius 2 is 0.682 bits per heavy atom. The molecule has 2 heteroatoms. The fourth-order valence-corrected chi connectivity index (χ4v) is 7.99. The second kappa shape index (κ2) is 10.3. The van der Waals surface area contributed by atoms with Gasteiger partial charge >= 0.3 is 0 Å². The molecule has 1 aliphatic carbocycles. The molecular weight excluding hydrogens is 532 g/mol. The second-order valence-corrected chi connectivity index (χ2v) is 12.5. The highest BCUT2D eigenvalue weighted by atomic mass is 15.0. The Bertz CT molecular complexity index is 2010. The van der Waals surface area contributed by atoms with Crippen molar-refractivity contribution >= 4 is 43.6 Å². The van der Waals surface area contributed by atoms with E-state index >= 15 is 0 Å². The molecule has 8 aromatic rings. The lowest BCUT2D eigenvalue weighted by Crippen LogP contribution is -2.13. The second-order valence-electron chi connectivity index (χ2n) is 12.5. The smallest absolute Gasteiger partial charge is 0.0541 e. The Kier molecular flexibility index (Phi) is 5.94. The van der Waals surface area contributed by atoms with Gasteiger partial charge in [0.15, 0.2) is 0 Å². The van der Waals surface area contributed by atoms with Crippen LogP contribution in [0, 0.1) is 0 Å². The molecule has 1 fully saturated rings. The molecule has 0 N–H and O–H groups in total. The molecule has 2 nitrogen and oxygen atoms in total. The first kappa shape index (κ1) is 25.4. The first-order valence-corrected chi connectivity index (χ1v) is 16.0. The van der Waals surface area contributed by atoms with Crippen LogP contribution < -0.4 is 0 Å². The van der Waals surface area contributed by atoms with Crippen molar-refractivity contribution in [1.29, 1.82) is 0 Å². The zero-order chi connectivity index (χ0) is 29.0. The van der Waals surface area contributed by atoms with Gasteiger partial charge in [0.2, 0.25) is 0 Å². The number of rotatable bonds is 4. The zero-order valence-electron chi connectivity index (χ0n) is 24.7. The number of hydrogen-bond donors (Lipinski definition) is 0. The number of hydrogen-bond acceptors (Lipinski definition) is 0.